The van der Waals surface area contributed by atoms with E-state index in [4.69, 9.17) is 0 Å². The van der Waals surface area contributed by atoms with Crippen molar-refractivity contribution in [3.05, 3.63) is 0 Å². The molecule has 0 spiro atoms. The van der Waals surface area contributed by atoms with E-state index in [9.17, 15) is 19.2 Å². The van der Waals surface area contributed by atoms with Gasteiger partial charge in [-0.05, 0) is 12.8 Å². The summed E-state index contributed by atoms with van der Waals surface area (Å²) in [5.74, 6) is -1.16. The van der Waals surface area contributed by atoms with E-state index in [2.05, 4.69) is 5.32 Å². The van der Waals surface area contributed by atoms with Crippen molar-refractivity contribution in [3.8, 4) is 0 Å². The summed E-state index contributed by atoms with van der Waals surface area (Å²) >= 11 is 0. The molecule has 7 heteroatoms. The van der Waals surface area contributed by atoms with Crippen LogP contribution >= 0.6 is 0 Å². The molecule has 2 rings (SSSR count). The fourth-order valence-corrected chi connectivity index (χ4v) is 3.09. The molecule has 1 heterocycles. The molecule has 1 saturated heterocycles. The SMILES string of the molecule is CN(C)C(=O)CNC(=O)CCN1C(=O)[C@H]2CCCC[C@H]2C1=O. The van der Waals surface area contributed by atoms with Crippen molar-refractivity contribution in [2.75, 3.05) is 27.2 Å². The van der Waals surface area contributed by atoms with Crippen LogP contribution in [-0.2, 0) is 19.2 Å². The van der Waals surface area contributed by atoms with Crippen molar-refractivity contribution in [2.45, 2.75) is 32.1 Å². The highest BCUT2D eigenvalue weighted by Crippen LogP contribution is 2.37. The Hall–Kier alpha value is -1.92. The number of likely N-dealkylation sites (tertiary alicyclic amines) is 1. The van der Waals surface area contributed by atoms with E-state index >= 15 is 0 Å². The van der Waals surface area contributed by atoms with Gasteiger partial charge in [0.1, 0.15) is 0 Å². The highest BCUT2D eigenvalue weighted by molar-refractivity contribution is 6.05. The topological polar surface area (TPSA) is 86.8 Å². The number of rotatable bonds is 5. The normalized spacial score (nSPS) is 24.2. The largest absolute Gasteiger partial charge is 0.347 e. The highest BCUT2D eigenvalue weighted by atomic mass is 16.2. The number of nitrogens with zero attached hydrogens (tertiary/aromatic N) is 2. The van der Waals surface area contributed by atoms with Crippen LogP contribution in [0.25, 0.3) is 0 Å². The van der Waals surface area contributed by atoms with E-state index in [1.807, 2.05) is 0 Å². The van der Waals surface area contributed by atoms with Crippen LogP contribution in [0, 0.1) is 11.8 Å². The minimum absolute atomic E-state index is 0.0393. The van der Waals surface area contributed by atoms with Crippen molar-refractivity contribution in [1.29, 1.82) is 0 Å². The molecule has 7 nitrogen and oxygen atoms in total. The number of hydrogen-bond donors (Lipinski definition) is 1. The summed E-state index contributed by atoms with van der Waals surface area (Å²) in [5.41, 5.74) is 0. The number of amides is 4. The first-order valence-corrected chi connectivity index (χ1v) is 7.74. The van der Waals surface area contributed by atoms with Gasteiger partial charge < -0.3 is 10.2 Å². The van der Waals surface area contributed by atoms with E-state index in [1.165, 1.54) is 9.80 Å². The fraction of sp³-hybridized carbons (Fsp3) is 0.733. The molecule has 0 aromatic heterocycles. The Labute approximate surface area is 130 Å². The molecule has 0 aromatic carbocycles. The Morgan fingerprint density at radius 3 is 2.18 bits per heavy atom. The monoisotopic (exact) mass is 309 g/mol. The van der Waals surface area contributed by atoms with Crippen molar-refractivity contribution in [1.82, 2.24) is 15.1 Å². The first-order chi connectivity index (χ1) is 10.4. The number of hydrogen-bond acceptors (Lipinski definition) is 4. The van der Waals surface area contributed by atoms with E-state index in [1.54, 1.807) is 14.1 Å². The van der Waals surface area contributed by atoms with Gasteiger partial charge >= 0.3 is 0 Å². The summed E-state index contributed by atoms with van der Waals surface area (Å²) in [6.07, 6.45) is 3.56. The molecule has 2 atom stereocenters. The summed E-state index contributed by atoms with van der Waals surface area (Å²) in [6.45, 7) is 0.0334. The average Bonchev–Trinajstić information content (AvgIpc) is 2.75. The average molecular weight is 309 g/mol. The third kappa shape index (κ3) is 3.45. The van der Waals surface area contributed by atoms with Crippen molar-refractivity contribution in [2.24, 2.45) is 11.8 Å². The molecule has 22 heavy (non-hydrogen) atoms. The third-order valence-electron chi connectivity index (χ3n) is 4.43. The Morgan fingerprint density at radius 2 is 1.68 bits per heavy atom. The lowest BCUT2D eigenvalue weighted by atomic mass is 9.81. The number of fused-ring (bicyclic) bond motifs is 1. The van der Waals surface area contributed by atoms with Gasteiger partial charge in [-0.3, -0.25) is 24.1 Å². The minimum atomic E-state index is -0.328. The van der Waals surface area contributed by atoms with Crippen molar-refractivity contribution >= 4 is 23.6 Å². The van der Waals surface area contributed by atoms with E-state index < -0.39 is 0 Å². The van der Waals surface area contributed by atoms with Gasteiger partial charge in [-0.15, -0.1) is 0 Å². The molecule has 0 unspecified atom stereocenters. The van der Waals surface area contributed by atoms with Gasteiger partial charge in [0, 0.05) is 27.1 Å². The van der Waals surface area contributed by atoms with E-state index in [-0.39, 0.29) is 55.0 Å². The molecule has 1 N–H and O–H groups in total. The Morgan fingerprint density at radius 1 is 1.14 bits per heavy atom. The van der Waals surface area contributed by atoms with Crippen LogP contribution in [0.1, 0.15) is 32.1 Å². The van der Waals surface area contributed by atoms with Crippen molar-refractivity contribution in [3.63, 3.8) is 0 Å². The van der Waals surface area contributed by atoms with Gasteiger partial charge in [0.2, 0.25) is 23.6 Å². The summed E-state index contributed by atoms with van der Waals surface area (Å²) in [6, 6.07) is 0. The minimum Gasteiger partial charge on any atom is -0.347 e. The molecular weight excluding hydrogens is 286 g/mol. The Kier molecular flexibility index (Phi) is 5.15. The van der Waals surface area contributed by atoms with Crippen LogP contribution < -0.4 is 5.32 Å². The van der Waals surface area contributed by atoms with Gasteiger partial charge in [0.15, 0.2) is 0 Å². The second-order valence-corrected chi connectivity index (χ2v) is 6.14. The van der Waals surface area contributed by atoms with E-state index in [0.29, 0.717) is 0 Å². The lowest BCUT2D eigenvalue weighted by molar-refractivity contribution is -0.140. The quantitative estimate of drug-likeness (QED) is 0.710. The predicted molar refractivity (Wildman–Crippen MR) is 78.5 cm³/mol. The summed E-state index contributed by atoms with van der Waals surface area (Å²) in [7, 11) is 3.22. The van der Waals surface area contributed by atoms with Crippen molar-refractivity contribution < 1.29 is 19.2 Å². The first-order valence-electron chi connectivity index (χ1n) is 7.74. The smallest absolute Gasteiger partial charge is 0.241 e. The third-order valence-corrected chi connectivity index (χ3v) is 4.43. The number of likely N-dealkylation sites (N-methyl/N-ethyl adjacent to an activating group) is 1. The number of nitrogens with one attached hydrogen (secondary N) is 1. The first kappa shape index (κ1) is 16.5. The standard InChI is InChI=1S/C15H23N3O4/c1-17(2)13(20)9-16-12(19)7-8-18-14(21)10-5-3-4-6-11(10)15(18)22/h10-11H,3-9H2,1-2H3,(H,16,19)/t10-,11+. The molecule has 0 bridgehead atoms. The molecule has 1 aliphatic heterocycles. The molecule has 122 valence electrons. The van der Waals surface area contributed by atoms with Crippen LogP contribution in [-0.4, -0.2) is 60.6 Å². The Bertz CT molecular complexity index is 465. The van der Waals surface area contributed by atoms with Crippen LogP contribution in [0.2, 0.25) is 0 Å². The molecule has 0 radical (unpaired) electrons. The lowest BCUT2D eigenvalue weighted by Crippen LogP contribution is -2.39. The zero-order valence-electron chi connectivity index (χ0n) is 13.1. The molecule has 2 fully saturated rings. The number of carbonyl (C=O) groups is 4. The zero-order valence-corrected chi connectivity index (χ0v) is 13.1. The van der Waals surface area contributed by atoms with Crippen LogP contribution in [0.3, 0.4) is 0 Å². The maximum atomic E-state index is 12.2. The second kappa shape index (κ2) is 6.89. The molecule has 2 aliphatic rings. The van der Waals surface area contributed by atoms with Crippen LogP contribution in [0.4, 0.5) is 0 Å². The number of carbonyl (C=O) groups excluding carboxylic acids is 4. The molecule has 4 amide bonds. The maximum absolute atomic E-state index is 12.2. The van der Waals surface area contributed by atoms with Crippen LogP contribution in [0.15, 0.2) is 0 Å². The van der Waals surface area contributed by atoms with Gasteiger partial charge in [-0.25, -0.2) is 0 Å². The van der Waals surface area contributed by atoms with Gasteiger partial charge in [0.05, 0.1) is 18.4 Å². The molecule has 1 aliphatic carbocycles. The van der Waals surface area contributed by atoms with Gasteiger partial charge in [-0.1, -0.05) is 12.8 Å². The van der Waals surface area contributed by atoms with E-state index in [0.717, 1.165) is 25.7 Å². The summed E-state index contributed by atoms with van der Waals surface area (Å²) < 4.78 is 0. The van der Waals surface area contributed by atoms with Gasteiger partial charge in [0.25, 0.3) is 0 Å². The fourth-order valence-electron chi connectivity index (χ4n) is 3.09. The Balaban J connectivity index is 1.81. The predicted octanol–water partition coefficient (Wildman–Crippen LogP) is -0.244. The summed E-state index contributed by atoms with van der Waals surface area (Å²) in [5, 5.41) is 2.50. The summed E-state index contributed by atoms with van der Waals surface area (Å²) in [4.78, 5) is 50.2. The lowest BCUT2D eigenvalue weighted by Gasteiger charge is -2.19. The molecular formula is C15H23N3O4. The van der Waals surface area contributed by atoms with Crippen LogP contribution in [0.5, 0.6) is 0 Å². The zero-order chi connectivity index (χ0) is 16.3. The molecule has 1 saturated carbocycles. The maximum Gasteiger partial charge on any atom is 0.241 e. The highest BCUT2D eigenvalue weighted by Gasteiger charge is 2.47. The van der Waals surface area contributed by atoms with Gasteiger partial charge in [-0.2, -0.15) is 0 Å². The second-order valence-electron chi connectivity index (χ2n) is 6.14. The molecule has 0 aromatic rings. The number of imide groups is 1.